The van der Waals surface area contributed by atoms with Gasteiger partial charge in [-0.1, -0.05) is 40.2 Å². The fraction of sp³-hybridized carbons (Fsp3) is 0.200. The van der Waals surface area contributed by atoms with Gasteiger partial charge in [-0.05, 0) is 41.8 Å². The Morgan fingerprint density at radius 2 is 1.95 bits per heavy atom. The third-order valence-electron chi connectivity index (χ3n) is 3.05. The molecule has 0 aliphatic rings. The Morgan fingerprint density at radius 1 is 1.21 bits per heavy atom. The van der Waals surface area contributed by atoms with E-state index in [-0.39, 0.29) is 6.04 Å². The second-order valence-electron chi connectivity index (χ2n) is 4.33. The van der Waals surface area contributed by atoms with Crippen molar-refractivity contribution >= 4 is 15.9 Å². The molecule has 3 nitrogen and oxygen atoms in total. The first-order chi connectivity index (χ1) is 9.22. The van der Waals surface area contributed by atoms with E-state index in [0.29, 0.717) is 0 Å². The minimum Gasteiger partial charge on any atom is -0.497 e. The fourth-order valence-electron chi connectivity index (χ4n) is 2.00. The second kappa shape index (κ2) is 6.70. The van der Waals surface area contributed by atoms with Crippen LogP contribution in [0.25, 0.3) is 0 Å². The maximum atomic E-state index is 5.67. The molecule has 1 unspecified atom stereocenters. The molecule has 1 atom stereocenters. The summed E-state index contributed by atoms with van der Waals surface area (Å²) >= 11 is 3.43. The van der Waals surface area contributed by atoms with E-state index in [9.17, 15) is 0 Å². The average molecular weight is 321 g/mol. The van der Waals surface area contributed by atoms with Crippen LogP contribution < -0.4 is 16.0 Å². The molecule has 0 fully saturated rings. The Morgan fingerprint density at radius 3 is 2.58 bits per heavy atom. The quantitative estimate of drug-likeness (QED) is 0.657. The van der Waals surface area contributed by atoms with Gasteiger partial charge in [0.05, 0.1) is 7.11 Å². The largest absolute Gasteiger partial charge is 0.497 e. The zero-order valence-corrected chi connectivity index (χ0v) is 12.4. The summed E-state index contributed by atoms with van der Waals surface area (Å²) in [6.07, 6.45) is 0.815. The van der Waals surface area contributed by atoms with Crippen LogP contribution in [-0.2, 0) is 6.42 Å². The number of nitrogens with two attached hydrogens (primary N) is 1. The maximum absolute atomic E-state index is 5.67. The molecule has 0 aliphatic carbocycles. The van der Waals surface area contributed by atoms with E-state index in [2.05, 4.69) is 39.6 Å². The highest BCUT2D eigenvalue weighted by atomic mass is 79.9. The summed E-state index contributed by atoms with van der Waals surface area (Å²) in [6, 6.07) is 16.3. The fourth-order valence-corrected chi connectivity index (χ4v) is 2.27. The van der Waals surface area contributed by atoms with Gasteiger partial charge in [-0.25, -0.2) is 0 Å². The number of ether oxygens (including phenoxy) is 1. The van der Waals surface area contributed by atoms with Gasteiger partial charge in [-0.2, -0.15) is 0 Å². The summed E-state index contributed by atoms with van der Waals surface area (Å²) in [6.45, 7) is 0. The molecule has 100 valence electrons. The summed E-state index contributed by atoms with van der Waals surface area (Å²) in [5, 5.41) is 0. The maximum Gasteiger partial charge on any atom is 0.119 e. The molecule has 0 amide bonds. The van der Waals surface area contributed by atoms with E-state index < -0.39 is 0 Å². The first-order valence-corrected chi connectivity index (χ1v) is 6.86. The summed E-state index contributed by atoms with van der Waals surface area (Å²) < 4.78 is 6.30. The minimum absolute atomic E-state index is 0.0835. The highest BCUT2D eigenvalue weighted by Gasteiger charge is 2.10. The molecule has 19 heavy (non-hydrogen) atoms. The highest BCUT2D eigenvalue weighted by molar-refractivity contribution is 9.10. The van der Waals surface area contributed by atoms with Crippen LogP contribution in [0.2, 0.25) is 0 Å². The van der Waals surface area contributed by atoms with E-state index in [1.54, 1.807) is 7.11 Å². The number of rotatable bonds is 5. The monoisotopic (exact) mass is 320 g/mol. The van der Waals surface area contributed by atoms with Crippen LogP contribution in [0.15, 0.2) is 53.0 Å². The zero-order chi connectivity index (χ0) is 13.7. The summed E-state index contributed by atoms with van der Waals surface area (Å²) in [7, 11) is 1.67. The molecular weight excluding hydrogens is 304 g/mol. The van der Waals surface area contributed by atoms with Crippen LogP contribution in [0.4, 0.5) is 0 Å². The number of hydrogen-bond donors (Lipinski definition) is 2. The summed E-state index contributed by atoms with van der Waals surface area (Å²) in [4.78, 5) is 0. The topological polar surface area (TPSA) is 47.3 Å². The van der Waals surface area contributed by atoms with E-state index in [1.807, 2.05) is 30.3 Å². The molecule has 0 aliphatic heterocycles. The number of halogens is 1. The van der Waals surface area contributed by atoms with Crippen LogP contribution in [0, 0.1) is 0 Å². The lowest BCUT2D eigenvalue weighted by Crippen LogP contribution is -2.29. The standard InChI is InChI=1S/C15H17BrN2O/c1-19-14-4-2-3-11(9-14)10-15(18-17)12-5-7-13(16)8-6-12/h2-9,15,18H,10,17H2,1H3. The van der Waals surface area contributed by atoms with Gasteiger partial charge >= 0.3 is 0 Å². The average Bonchev–Trinajstić information content (AvgIpc) is 2.46. The summed E-state index contributed by atoms with van der Waals surface area (Å²) in [5.74, 6) is 6.53. The minimum atomic E-state index is 0.0835. The lowest BCUT2D eigenvalue weighted by Gasteiger charge is -2.17. The lowest BCUT2D eigenvalue weighted by molar-refractivity contribution is 0.414. The molecule has 2 aromatic carbocycles. The predicted octanol–water partition coefficient (Wildman–Crippen LogP) is 3.20. The molecule has 3 N–H and O–H groups in total. The highest BCUT2D eigenvalue weighted by Crippen LogP contribution is 2.22. The van der Waals surface area contributed by atoms with E-state index in [1.165, 1.54) is 5.56 Å². The SMILES string of the molecule is COc1cccc(CC(NN)c2ccc(Br)cc2)c1. The Hall–Kier alpha value is -1.36. The third-order valence-corrected chi connectivity index (χ3v) is 3.58. The van der Waals surface area contributed by atoms with Gasteiger partial charge < -0.3 is 4.74 Å². The molecular formula is C15H17BrN2O. The Kier molecular flexibility index (Phi) is 4.96. The van der Waals surface area contributed by atoms with Crippen molar-refractivity contribution in [2.24, 2.45) is 5.84 Å². The van der Waals surface area contributed by atoms with Crippen molar-refractivity contribution in [3.05, 3.63) is 64.1 Å². The molecule has 0 saturated carbocycles. The molecule has 2 rings (SSSR count). The molecule has 4 heteroatoms. The third kappa shape index (κ3) is 3.80. The number of hydrazine groups is 1. The second-order valence-corrected chi connectivity index (χ2v) is 5.24. The van der Waals surface area contributed by atoms with Gasteiger partial charge in [0.25, 0.3) is 0 Å². The van der Waals surface area contributed by atoms with Gasteiger partial charge in [0.2, 0.25) is 0 Å². The first kappa shape index (κ1) is 14.1. The first-order valence-electron chi connectivity index (χ1n) is 6.07. The van der Waals surface area contributed by atoms with Crippen LogP contribution in [0.3, 0.4) is 0 Å². The van der Waals surface area contributed by atoms with Crippen molar-refractivity contribution < 1.29 is 4.74 Å². The van der Waals surface area contributed by atoms with Crippen molar-refractivity contribution in [2.45, 2.75) is 12.5 Å². The van der Waals surface area contributed by atoms with Gasteiger partial charge in [-0.3, -0.25) is 11.3 Å². The van der Waals surface area contributed by atoms with Crippen LogP contribution in [-0.4, -0.2) is 7.11 Å². The predicted molar refractivity (Wildman–Crippen MR) is 80.9 cm³/mol. The molecule has 0 aromatic heterocycles. The van der Waals surface area contributed by atoms with Gasteiger partial charge in [0.1, 0.15) is 5.75 Å². The Balaban J connectivity index is 2.16. The molecule has 0 spiro atoms. The number of nitrogens with one attached hydrogen (secondary N) is 1. The Bertz CT molecular complexity index is 528. The molecule has 0 bridgehead atoms. The van der Waals surface area contributed by atoms with Crippen LogP contribution >= 0.6 is 15.9 Å². The van der Waals surface area contributed by atoms with Crippen molar-refractivity contribution in [2.75, 3.05) is 7.11 Å². The molecule has 0 saturated heterocycles. The Labute approximate surface area is 121 Å². The number of methoxy groups -OCH3 is 1. The van der Waals surface area contributed by atoms with Crippen molar-refractivity contribution in [1.82, 2.24) is 5.43 Å². The van der Waals surface area contributed by atoms with Gasteiger partial charge in [0.15, 0.2) is 0 Å². The van der Waals surface area contributed by atoms with E-state index in [0.717, 1.165) is 22.2 Å². The van der Waals surface area contributed by atoms with Crippen LogP contribution in [0.5, 0.6) is 5.75 Å². The molecule has 0 heterocycles. The zero-order valence-electron chi connectivity index (χ0n) is 10.8. The smallest absolute Gasteiger partial charge is 0.119 e. The van der Waals surface area contributed by atoms with Crippen molar-refractivity contribution in [3.63, 3.8) is 0 Å². The van der Waals surface area contributed by atoms with Crippen LogP contribution in [0.1, 0.15) is 17.2 Å². The van der Waals surface area contributed by atoms with Gasteiger partial charge in [0, 0.05) is 10.5 Å². The number of benzene rings is 2. The van der Waals surface area contributed by atoms with Gasteiger partial charge in [-0.15, -0.1) is 0 Å². The normalized spacial score (nSPS) is 12.2. The van der Waals surface area contributed by atoms with E-state index in [4.69, 9.17) is 10.6 Å². The molecule has 2 aromatic rings. The van der Waals surface area contributed by atoms with Crippen molar-refractivity contribution in [1.29, 1.82) is 0 Å². The number of hydrogen-bond acceptors (Lipinski definition) is 3. The summed E-state index contributed by atoms with van der Waals surface area (Å²) in [5.41, 5.74) is 5.21. The van der Waals surface area contributed by atoms with Crippen molar-refractivity contribution in [3.8, 4) is 5.75 Å². The lowest BCUT2D eigenvalue weighted by atomic mass is 9.99. The van der Waals surface area contributed by atoms with E-state index >= 15 is 0 Å². The molecule has 0 radical (unpaired) electrons.